The van der Waals surface area contributed by atoms with Gasteiger partial charge in [-0.1, -0.05) is 27.5 Å². The molecule has 1 aromatic heterocycles. The predicted octanol–water partition coefficient (Wildman–Crippen LogP) is 3.61. The Morgan fingerprint density at radius 3 is 2.56 bits per heavy atom. The van der Waals surface area contributed by atoms with E-state index < -0.39 is 0 Å². The maximum absolute atomic E-state index is 9.84. The van der Waals surface area contributed by atoms with Gasteiger partial charge in [0.2, 0.25) is 0 Å². The van der Waals surface area contributed by atoms with Gasteiger partial charge in [-0.15, -0.1) is 0 Å². The average Bonchev–Trinajstić information content (AvgIpc) is 2.46. The summed E-state index contributed by atoms with van der Waals surface area (Å²) in [6, 6.07) is 5.26. The molecule has 0 atom stereocenters. The summed E-state index contributed by atoms with van der Waals surface area (Å²) in [6.45, 7) is 3.70. The molecule has 0 spiro atoms. The molecule has 0 aliphatic rings. The molecule has 0 aliphatic carbocycles. The number of aryl methyl sites for hydroxylation is 1. The first-order chi connectivity index (χ1) is 7.50. The maximum atomic E-state index is 9.84. The largest absolute Gasteiger partial charge is 0.506 e. The molecule has 0 fully saturated rings. The van der Waals surface area contributed by atoms with Crippen LogP contribution in [-0.2, 0) is 0 Å². The minimum Gasteiger partial charge on any atom is -0.506 e. The molecule has 1 N–H and O–H groups in total. The molecule has 0 saturated heterocycles. The first-order valence-corrected chi connectivity index (χ1v) is 5.88. The van der Waals surface area contributed by atoms with Crippen molar-refractivity contribution in [1.82, 2.24) is 9.78 Å². The maximum Gasteiger partial charge on any atom is 0.142 e. The molecule has 1 heterocycles. The molecule has 0 amide bonds. The van der Waals surface area contributed by atoms with E-state index >= 15 is 0 Å². The van der Waals surface area contributed by atoms with Crippen molar-refractivity contribution < 1.29 is 5.11 Å². The fourth-order valence-corrected chi connectivity index (χ4v) is 2.00. The number of phenolic OH excluding ortho intramolecular Hbond substituents is 1. The van der Waals surface area contributed by atoms with Crippen LogP contribution in [0.1, 0.15) is 11.4 Å². The zero-order valence-corrected chi connectivity index (χ0v) is 11.2. The van der Waals surface area contributed by atoms with Crippen LogP contribution in [0.3, 0.4) is 0 Å². The van der Waals surface area contributed by atoms with Crippen molar-refractivity contribution in [3.63, 3.8) is 0 Å². The first-order valence-electron chi connectivity index (χ1n) is 4.71. The van der Waals surface area contributed by atoms with Gasteiger partial charge in [0.15, 0.2) is 0 Å². The Labute approximate surface area is 107 Å². The summed E-state index contributed by atoms with van der Waals surface area (Å²) in [5, 5.41) is 14.7. The predicted molar refractivity (Wildman–Crippen MR) is 67.4 cm³/mol. The second kappa shape index (κ2) is 4.11. The van der Waals surface area contributed by atoms with Crippen molar-refractivity contribution in [1.29, 1.82) is 0 Å². The fourth-order valence-electron chi connectivity index (χ4n) is 1.53. The summed E-state index contributed by atoms with van der Waals surface area (Å²) in [4.78, 5) is 0. The van der Waals surface area contributed by atoms with Gasteiger partial charge in [-0.25, -0.2) is 4.68 Å². The number of aromatic nitrogens is 2. The lowest BCUT2D eigenvalue weighted by molar-refractivity contribution is 0.469. The van der Waals surface area contributed by atoms with Crippen molar-refractivity contribution in [2.45, 2.75) is 13.8 Å². The number of rotatable bonds is 1. The molecule has 2 aromatic rings. The van der Waals surface area contributed by atoms with Crippen molar-refractivity contribution in [2.24, 2.45) is 0 Å². The van der Waals surface area contributed by atoms with E-state index in [0.717, 1.165) is 15.9 Å². The molecule has 5 heteroatoms. The van der Waals surface area contributed by atoms with E-state index in [4.69, 9.17) is 11.6 Å². The first kappa shape index (κ1) is 11.5. The minimum atomic E-state index is 0.164. The molecule has 0 radical (unpaired) electrons. The highest BCUT2D eigenvalue weighted by molar-refractivity contribution is 9.10. The van der Waals surface area contributed by atoms with Crippen LogP contribution in [0.15, 0.2) is 22.7 Å². The zero-order chi connectivity index (χ0) is 11.9. The highest BCUT2D eigenvalue weighted by Crippen LogP contribution is 2.29. The standard InChI is InChI=1S/C11H10BrClN2O/c1-6-11(13)7(2)15(14-6)9-4-3-8(12)5-10(9)16/h3-5,16H,1-2H3. The number of nitrogens with zero attached hydrogens (tertiary/aromatic N) is 2. The van der Waals surface area contributed by atoms with Crippen LogP contribution in [0, 0.1) is 13.8 Å². The molecule has 16 heavy (non-hydrogen) atoms. The summed E-state index contributed by atoms with van der Waals surface area (Å²) in [5.41, 5.74) is 2.19. The van der Waals surface area contributed by atoms with E-state index in [2.05, 4.69) is 21.0 Å². The Hall–Kier alpha value is -1.00. The Balaban J connectivity index is 2.63. The lowest BCUT2D eigenvalue weighted by Crippen LogP contribution is -1.99. The highest BCUT2D eigenvalue weighted by Gasteiger charge is 2.13. The molecule has 0 unspecified atom stereocenters. The SMILES string of the molecule is Cc1nn(-c2ccc(Br)cc2O)c(C)c1Cl. The Morgan fingerprint density at radius 2 is 2.06 bits per heavy atom. The van der Waals surface area contributed by atoms with Crippen LogP contribution in [0.2, 0.25) is 5.02 Å². The van der Waals surface area contributed by atoms with Crippen LogP contribution in [0.5, 0.6) is 5.75 Å². The van der Waals surface area contributed by atoms with Crippen molar-refractivity contribution in [3.05, 3.63) is 39.1 Å². The summed E-state index contributed by atoms with van der Waals surface area (Å²) in [6.07, 6.45) is 0. The normalized spacial score (nSPS) is 10.8. The van der Waals surface area contributed by atoms with Gasteiger partial charge in [0.05, 0.1) is 16.4 Å². The topological polar surface area (TPSA) is 38.0 Å². The van der Waals surface area contributed by atoms with E-state index in [0.29, 0.717) is 10.7 Å². The second-order valence-corrected chi connectivity index (χ2v) is 4.82. The molecule has 3 nitrogen and oxygen atoms in total. The highest BCUT2D eigenvalue weighted by atomic mass is 79.9. The molecular formula is C11H10BrClN2O. The molecule has 0 aliphatic heterocycles. The van der Waals surface area contributed by atoms with Gasteiger partial charge in [0.25, 0.3) is 0 Å². The fraction of sp³-hybridized carbons (Fsp3) is 0.182. The number of halogens is 2. The van der Waals surface area contributed by atoms with Crippen molar-refractivity contribution >= 4 is 27.5 Å². The smallest absolute Gasteiger partial charge is 0.142 e. The summed E-state index contributed by atoms with van der Waals surface area (Å²) >= 11 is 9.35. The molecule has 2 rings (SSSR count). The minimum absolute atomic E-state index is 0.164. The Kier molecular flexibility index (Phi) is 2.95. The Bertz CT molecular complexity index is 551. The summed E-state index contributed by atoms with van der Waals surface area (Å²) in [7, 11) is 0. The van der Waals surface area contributed by atoms with Gasteiger partial charge in [-0.3, -0.25) is 0 Å². The number of phenols is 1. The van der Waals surface area contributed by atoms with E-state index in [1.807, 2.05) is 19.9 Å². The number of hydrogen-bond donors (Lipinski definition) is 1. The molecule has 84 valence electrons. The quantitative estimate of drug-likeness (QED) is 0.874. The van der Waals surface area contributed by atoms with Crippen LogP contribution < -0.4 is 0 Å². The lowest BCUT2D eigenvalue weighted by atomic mass is 10.3. The molecule has 0 saturated carbocycles. The van der Waals surface area contributed by atoms with Crippen LogP contribution in [0.25, 0.3) is 5.69 Å². The van der Waals surface area contributed by atoms with Gasteiger partial charge in [0.1, 0.15) is 11.4 Å². The van der Waals surface area contributed by atoms with Crippen molar-refractivity contribution in [2.75, 3.05) is 0 Å². The molecule has 0 bridgehead atoms. The van der Waals surface area contributed by atoms with Gasteiger partial charge in [-0.05, 0) is 32.0 Å². The third-order valence-corrected chi connectivity index (χ3v) is 3.41. The van der Waals surface area contributed by atoms with Crippen molar-refractivity contribution in [3.8, 4) is 11.4 Å². The van der Waals surface area contributed by atoms with Gasteiger partial charge >= 0.3 is 0 Å². The van der Waals surface area contributed by atoms with E-state index in [-0.39, 0.29) is 5.75 Å². The Morgan fingerprint density at radius 1 is 1.38 bits per heavy atom. The van der Waals surface area contributed by atoms with E-state index in [1.165, 1.54) is 0 Å². The monoisotopic (exact) mass is 300 g/mol. The number of hydrogen-bond acceptors (Lipinski definition) is 2. The third-order valence-electron chi connectivity index (χ3n) is 2.37. The van der Waals surface area contributed by atoms with Crippen LogP contribution >= 0.6 is 27.5 Å². The zero-order valence-electron chi connectivity index (χ0n) is 8.83. The summed E-state index contributed by atoms with van der Waals surface area (Å²) in [5.74, 6) is 0.164. The third kappa shape index (κ3) is 1.83. The average molecular weight is 302 g/mol. The van der Waals surface area contributed by atoms with E-state index in [9.17, 15) is 5.11 Å². The molecule has 1 aromatic carbocycles. The van der Waals surface area contributed by atoms with Crippen LogP contribution in [-0.4, -0.2) is 14.9 Å². The second-order valence-electron chi connectivity index (χ2n) is 3.53. The summed E-state index contributed by atoms with van der Waals surface area (Å²) < 4.78 is 2.46. The number of benzene rings is 1. The number of aromatic hydroxyl groups is 1. The van der Waals surface area contributed by atoms with E-state index in [1.54, 1.807) is 16.8 Å². The lowest BCUT2D eigenvalue weighted by Gasteiger charge is -2.06. The van der Waals surface area contributed by atoms with Gasteiger partial charge < -0.3 is 5.11 Å². The van der Waals surface area contributed by atoms with Crippen LogP contribution in [0.4, 0.5) is 0 Å². The molecular weight excluding hydrogens is 291 g/mol. The van der Waals surface area contributed by atoms with Gasteiger partial charge in [-0.2, -0.15) is 5.10 Å². The van der Waals surface area contributed by atoms with Gasteiger partial charge in [0, 0.05) is 4.47 Å².